The molecule has 0 saturated heterocycles. The Balaban J connectivity index is 2.19. The minimum absolute atomic E-state index is 0.0894. The van der Waals surface area contributed by atoms with Crippen molar-refractivity contribution in [1.82, 2.24) is 5.32 Å². The Morgan fingerprint density at radius 1 is 1.50 bits per heavy atom. The lowest BCUT2D eigenvalue weighted by molar-refractivity contribution is -0.117. The van der Waals surface area contributed by atoms with Gasteiger partial charge in [0, 0.05) is 11.6 Å². The third-order valence-corrected chi connectivity index (χ3v) is 2.85. The van der Waals surface area contributed by atoms with Crippen LogP contribution in [0.1, 0.15) is 18.4 Å². The third kappa shape index (κ3) is 3.72. The SMILES string of the molecule is C=CCOc1ccccc1/C=C(\C#N)C(=O)NC1CC1. The van der Waals surface area contributed by atoms with Crippen LogP contribution in [-0.2, 0) is 4.79 Å². The van der Waals surface area contributed by atoms with Crippen molar-refractivity contribution in [3.05, 3.63) is 48.1 Å². The molecule has 0 aromatic heterocycles. The smallest absolute Gasteiger partial charge is 0.262 e. The quantitative estimate of drug-likeness (QED) is 0.489. The highest BCUT2D eigenvalue weighted by Gasteiger charge is 2.24. The summed E-state index contributed by atoms with van der Waals surface area (Å²) < 4.78 is 5.50. The van der Waals surface area contributed by atoms with Gasteiger partial charge in [-0.1, -0.05) is 30.9 Å². The number of nitriles is 1. The number of benzene rings is 1. The zero-order valence-electron chi connectivity index (χ0n) is 11.1. The van der Waals surface area contributed by atoms with E-state index < -0.39 is 0 Å². The van der Waals surface area contributed by atoms with E-state index in [4.69, 9.17) is 10.00 Å². The number of amides is 1. The first-order valence-corrected chi connectivity index (χ1v) is 6.50. The molecular formula is C16H16N2O2. The average molecular weight is 268 g/mol. The number of rotatable bonds is 6. The summed E-state index contributed by atoms with van der Waals surface area (Å²) in [5, 5.41) is 11.9. The fourth-order valence-electron chi connectivity index (χ4n) is 1.67. The van der Waals surface area contributed by atoms with Gasteiger partial charge >= 0.3 is 0 Å². The van der Waals surface area contributed by atoms with E-state index in [-0.39, 0.29) is 17.5 Å². The van der Waals surface area contributed by atoms with Gasteiger partial charge in [0.15, 0.2) is 0 Å². The lowest BCUT2D eigenvalue weighted by atomic mass is 10.1. The van der Waals surface area contributed by atoms with Gasteiger partial charge in [0.2, 0.25) is 0 Å². The van der Waals surface area contributed by atoms with Crippen molar-refractivity contribution in [3.63, 3.8) is 0 Å². The monoisotopic (exact) mass is 268 g/mol. The Morgan fingerprint density at radius 3 is 2.90 bits per heavy atom. The van der Waals surface area contributed by atoms with Crippen molar-refractivity contribution in [2.45, 2.75) is 18.9 Å². The van der Waals surface area contributed by atoms with Crippen LogP contribution in [0.4, 0.5) is 0 Å². The summed E-state index contributed by atoms with van der Waals surface area (Å²) in [6.07, 6.45) is 5.18. The molecule has 0 bridgehead atoms. The Kier molecular flexibility index (Phi) is 4.56. The van der Waals surface area contributed by atoms with Crippen molar-refractivity contribution in [1.29, 1.82) is 5.26 Å². The van der Waals surface area contributed by atoms with E-state index in [1.807, 2.05) is 18.2 Å². The van der Waals surface area contributed by atoms with Gasteiger partial charge in [-0.05, 0) is 25.0 Å². The van der Waals surface area contributed by atoms with Crippen molar-refractivity contribution in [2.75, 3.05) is 6.61 Å². The molecule has 20 heavy (non-hydrogen) atoms. The lowest BCUT2D eigenvalue weighted by Crippen LogP contribution is -2.26. The maximum atomic E-state index is 11.9. The Labute approximate surface area is 118 Å². The zero-order valence-corrected chi connectivity index (χ0v) is 11.1. The highest BCUT2D eigenvalue weighted by molar-refractivity contribution is 6.02. The van der Waals surface area contributed by atoms with Gasteiger partial charge in [0.25, 0.3) is 5.91 Å². The number of para-hydroxylation sites is 1. The number of carbonyl (C=O) groups excluding carboxylic acids is 1. The highest BCUT2D eigenvalue weighted by atomic mass is 16.5. The van der Waals surface area contributed by atoms with E-state index in [0.717, 1.165) is 12.8 Å². The summed E-state index contributed by atoms with van der Waals surface area (Å²) in [4.78, 5) is 11.9. The van der Waals surface area contributed by atoms with Crippen LogP contribution >= 0.6 is 0 Å². The number of carbonyl (C=O) groups is 1. The van der Waals surface area contributed by atoms with Crippen molar-refractivity contribution in [3.8, 4) is 11.8 Å². The lowest BCUT2D eigenvalue weighted by Gasteiger charge is -2.07. The Morgan fingerprint density at radius 2 is 2.25 bits per heavy atom. The molecule has 1 aromatic rings. The largest absolute Gasteiger partial charge is 0.489 e. The predicted octanol–water partition coefficient (Wildman–Crippen LogP) is 2.44. The first kappa shape index (κ1) is 13.9. The van der Waals surface area contributed by atoms with Crippen molar-refractivity contribution < 1.29 is 9.53 Å². The molecule has 1 aliphatic rings. The molecule has 1 saturated carbocycles. The van der Waals surface area contributed by atoms with Crippen LogP contribution in [0.25, 0.3) is 6.08 Å². The Hall–Kier alpha value is -2.54. The summed E-state index contributed by atoms with van der Waals surface area (Å²) in [7, 11) is 0. The molecule has 4 nitrogen and oxygen atoms in total. The van der Waals surface area contributed by atoms with Crippen LogP contribution in [0.3, 0.4) is 0 Å². The third-order valence-electron chi connectivity index (χ3n) is 2.85. The number of ether oxygens (including phenoxy) is 1. The minimum Gasteiger partial charge on any atom is -0.489 e. The second kappa shape index (κ2) is 6.58. The van der Waals surface area contributed by atoms with Crippen LogP contribution in [-0.4, -0.2) is 18.6 Å². The van der Waals surface area contributed by atoms with E-state index in [9.17, 15) is 4.79 Å². The van der Waals surface area contributed by atoms with Crippen LogP contribution in [0.2, 0.25) is 0 Å². The maximum absolute atomic E-state index is 11.9. The number of hydrogen-bond donors (Lipinski definition) is 1. The average Bonchev–Trinajstić information content (AvgIpc) is 3.27. The van der Waals surface area contributed by atoms with E-state index >= 15 is 0 Å². The molecule has 0 aliphatic heterocycles. The van der Waals surface area contributed by atoms with Crippen LogP contribution in [0.5, 0.6) is 5.75 Å². The number of hydrogen-bond acceptors (Lipinski definition) is 3. The fraction of sp³-hybridized carbons (Fsp3) is 0.250. The second-order valence-electron chi connectivity index (χ2n) is 4.56. The van der Waals surface area contributed by atoms with E-state index in [1.54, 1.807) is 24.3 Å². The summed E-state index contributed by atoms with van der Waals surface area (Å²) >= 11 is 0. The van der Waals surface area contributed by atoms with Gasteiger partial charge in [-0.15, -0.1) is 0 Å². The maximum Gasteiger partial charge on any atom is 0.262 e. The highest BCUT2D eigenvalue weighted by Crippen LogP contribution is 2.22. The molecule has 1 aliphatic carbocycles. The molecule has 2 rings (SSSR count). The van der Waals surface area contributed by atoms with Gasteiger partial charge in [-0.25, -0.2) is 0 Å². The molecule has 0 spiro atoms. The van der Waals surface area contributed by atoms with Gasteiger partial charge in [0.05, 0.1) is 0 Å². The van der Waals surface area contributed by atoms with Gasteiger partial charge in [-0.3, -0.25) is 4.79 Å². The molecule has 1 fully saturated rings. The zero-order chi connectivity index (χ0) is 14.4. The Bertz CT molecular complexity index is 580. The molecule has 0 heterocycles. The minimum atomic E-state index is -0.325. The normalized spacial score (nSPS) is 14.2. The first-order chi connectivity index (χ1) is 9.74. The molecular weight excluding hydrogens is 252 g/mol. The number of nitrogens with one attached hydrogen (secondary N) is 1. The predicted molar refractivity (Wildman–Crippen MR) is 76.9 cm³/mol. The van der Waals surface area contributed by atoms with E-state index in [2.05, 4.69) is 11.9 Å². The van der Waals surface area contributed by atoms with Crippen LogP contribution in [0, 0.1) is 11.3 Å². The van der Waals surface area contributed by atoms with Crippen LogP contribution < -0.4 is 10.1 Å². The van der Waals surface area contributed by atoms with Crippen LogP contribution in [0.15, 0.2) is 42.5 Å². The summed E-state index contributed by atoms with van der Waals surface area (Å²) in [6.45, 7) is 3.97. The standard InChI is InChI=1S/C16H16N2O2/c1-2-9-20-15-6-4-3-5-12(15)10-13(11-17)16(19)18-14-7-8-14/h2-6,10,14H,1,7-9H2,(H,18,19)/b13-10+. The summed E-state index contributed by atoms with van der Waals surface area (Å²) in [5.41, 5.74) is 0.795. The molecule has 4 heteroatoms. The fourth-order valence-corrected chi connectivity index (χ4v) is 1.67. The van der Waals surface area contributed by atoms with Crippen molar-refractivity contribution in [2.24, 2.45) is 0 Å². The van der Waals surface area contributed by atoms with E-state index in [0.29, 0.717) is 17.9 Å². The summed E-state index contributed by atoms with van der Waals surface area (Å²) in [5.74, 6) is 0.299. The molecule has 0 atom stereocenters. The molecule has 0 radical (unpaired) electrons. The second-order valence-corrected chi connectivity index (χ2v) is 4.56. The summed E-state index contributed by atoms with van der Waals surface area (Å²) in [6, 6.07) is 9.44. The van der Waals surface area contributed by atoms with E-state index in [1.165, 1.54) is 0 Å². The molecule has 0 unspecified atom stereocenters. The molecule has 1 amide bonds. The number of nitrogens with zero attached hydrogens (tertiary/aromatic N) is 1. The first-order valence-electron chi connectivity index (χ1n) is 6.50. The van der Waals surface area contributed by atoms with Crippen molar-refractivity contribution >= 4 is 12.0 Å². The topological polar surface area (TPSA) is 62.1 Å². The molecule has 102 valence electrons. The van der Waals surface area contributed by atoms with Gasteiger partial charge in [-0.2, -0.15) is 5.26 Å². The molecule has 1 aromatic carbocycles. The van der Waals surface area contributed by atoms with Gasteiger partial charge < -0.3 is 10.1 Å². The molecule has 1 N–H and O–H groups in total. The van der Waals surface area contributed by atoms with Gasteiger partial charge in [0.1, 0.15) is 24.0 Å².